The second-order valence-electron chi connectivity index (χ2n) is 10.2. The van der Waals surface area contributed by atoms with Crippen LogP contribution < -0.4 is 0 Å². The maximum absolute atomic E-state index is 11.9. The lowest BCUT2D eigenvalue weighted by Crippen LogP contribution is -2.57. The standard InChI is InChI=1S/C19H38O4SSi/c1-14-11-12-15-16(23-25(7,8)18(2,3)4)10-9-13-19(15,5)17(14)22-24(6,20)21/h14-17H,9-13H2,1-8H3/t14-,15+,16+,17+,19+/m1/s1. The van der Waals surface area contributed by atoms with Crippen LogP contribution in [0.5, 0.6) is 0 Å². The van der Waals surface area contributed by atoms with Crippen molar-refractivity contribution in [2.24, 2.45) is 17.3 Å². The van der Waals surface area contributed by atoms with E-state index in [1.165, 1.54) is 6.26 Å². The van der Waals surface area contributed by atoms with Crippen LogP contribution >= 0.6 is 0 Å². The fraction of sp³-hybridized carbons (Fsp3) is 1.00. The average molecular weight is 391 g/mol. The van der Waals surface area contributed by atoms with E-state index in [1.807, 2.05) is 0 Å². The molecule has 0 saturated heterocycles. The second-order valence-corrected chi connectivity index (χ2v) is 16.6. The average Bonchev–Trinajstić information content (AvgIpc) is 2.40. The molecule has 0 bridgehead atoms. The highest BCUT2D eigenvalue weighted by Crippen LogP contribution is 2.55. The van der Waals surface area contributed by atoms with Crippen LogP contribution in [-0.4, -0.2) is 35.2 Å². The van der Waals surface area contributed by atoms with Crippen molar-refractivity contribution in [1.82, 2.24) is 0 Å². The van der Waals surface area contributed by atoms with Gasteiger partial charge in [-0.25, -0.2) is 0 Å². The van der Waals surface area contributed by atoms with Gasteiger partial charge in [0.25, 0.3) is 10.1 Å². The summed E-state index contributed by atoms with van der Waals surface area (Å²) >= 11 is 0. The molecule has 148 valence electrons. The lowest BCUT2D eigenvalue weighted by molar-refractivity contribution is -0.119. The third-order valence-electron chi connectivity index (χ3n) is 7.13. The summed E-state index contributed by atoms with van der Waals surface area (Å²) in [4.78, 5) is 0. The first kappa shape index (κ1) is 21.4. The van der Waals surface area contributed by atoms with Crippen LogP contribution in [0.3, 0.4) is 0 Å². The quantitative estimate of drug-likeness (QED) is 0.503. The molecule has 0 amide bonds. The molecule has 0 aromatic heterocycles. The van der Waals surface area contributed by atoms with E-state index in [0.717, 1.165) is 32.1 Å². The third kappa shape index (κ3) is 4.50. The highest BCUT2D eigenvalue weighted by Gasteiger charge is 2.54. The minimum absolute atomic E-state index is 0.119. The van der Waals surface area contributed by atoms with Crippen LogP contribution in [-0.2, 0) is 18.7 Å². The van der Waals surface area contributed by atoms with Crippen molar-refractivity contribution in [3.63, 3.8) is 0 Å². The molecule has 0 N–H and O–H groups in total. The second kappa shape index (κ2) is 6.92. The van der Waals surface area contributed by atoms with Gasteiger partial charge in [0.2, 0.25) is 0 Å². The summed E-state index contributed by atoms with van der Waals surface area (Å²) in [6.07, 6.45) is 6.51. The third-order valence-corrected chi connectivity index (χ3v) is 12.2. The van der Waals surface area contributed by atoms with Crippen LogP contribution in [0.2, 0.25) is 18.1 Å². The predicted octanol–water partition coefficient (Wildman–Crippen LogP) is 4.96. The molecule has 2 rings (SSSR count). The highest BCUT2D eigenvalue weighted by atomic mass is 32.2. The Morgan fingerprint density at radius 1 is 1.12 bits per heavy atom. The summed E-state index contributed by atoms with van der Waals surface area (Å²) in [5, 5.41) is 0.186. The Kier molecular flexibility index (Phi) is 5.92. The molecule has 6 heteroatoms. The Labute approximate surface area is 156 Å². The van der Waals surface area contributed by atoms with Crippen LogP contribution in [0.25, 0.3) is 0 Å². The smallest absolute Gasteiger partial charge is 0.264 e. The lowest BCUT2D eigenvalue weighted by atomic mass is 9.56. The molecule has 2 aliphatic rings. The monoisotopic (exact) mass is 390 g/mol. The van der Waals surface area contributed by atoms with Crippen molar-refractivity contribution >= 4 is 18.4 Å². The van der Waals surface area contributed by atoms with Gasteiger partial charge in [-0.3, -0.25) is 4.18 Å². The Bertz CT molecular complexity index is 581. The van der Waals surface area contributed by atoms with E-state index in [9.17, 15) is 8.42 Å². The lowest BCUT2D eigenvalue weighted by Gasteiger charge is -2.56. The van der Waals surface area contributed by atoms with Crippen LogP contribution in [0, 0.1) is 17.3 Å². The van der Waals surface area contributed by atoms with E-state index in [0.29, 0.717) is 5.92 Å². The van der Waals surface area contributed by atoms with E-state index in [4.69, 9.17) is 8.61 Å². The Morgan fingerprint density at radius 2 is 1.72 bits per heavy atom. The van der Waals surface area contributed by atoms with Crippen molar-refractivity contribution < 1.29 is 17.0 Å². The molecule has 5 atom stereocenters. The molecule has 0 aromatic rings. The van der Waals surface area contributed by atoms with Crippen LogP contribution in [0.15, 0.2) is 0 Å². The fourth-order valence-electron chi connectivity index (χ4n) is 4.70. The van der Waals surface area contributed by atoms with Gasteiger partial charge < -0.3 is 4.43 Å². The number of fused-ring (bicyclic) bond motifs is 1. The van der Waals surface area contributed by atoms with E-state index in [2.05, 4.69) is 47.7 Å². The molecule has 0 aromatic carbocycles. The van der Waals surface area contributed by atoms with Gasteiger partial charge in [0, 0.05) is 11.5 Å². The largest absolute Gasteiger partial charge is 0.414 e. The number of hydrogen-bond acceptors (Lipinski definition) is 4. The molecule has 4 nitrogen and oxygen atoms in total. The number of hydrogen-bond donors (Lipinski definition) is 0. The normalized spacial score (nSPS) is 37.6. The van der Waals surface area contributed by atoms with Gasteiger partial charge in [-0.05, 0) is 55.7 Å². The zero-order valence-electron chi connectivity index (χ0n) is 17.4. The van der Waals surface area contributed by atoms with Gasteiger partial charge in [0.15, 0.2) is 8.32 Å². The van der Waals surface area contributed by atoms with Gasteiger partial charge >= 0.3 is 0 Å². The Balaban J connectivity index is 2.29. The Morgan fingerprint density at radius 3 is 2.24 bits per heavy atom. The topological polar surface area (TPSA) is 52.6 Å². The first-order chi connectivity index (χ1) is 11.2. The first-order valence-electron chi connectivity index (χ1n) is 9.73. The van der Waals surface area contributed by atoms with E-state index in [1.54, 1.807) is 0 Å². The zero-order chi connectivity index (χ0) is 19.3. The van der Waals surface area contributed by atoms with Crippen molar-refractivity contribution in [2.45, 2.75) is 97.1 Å². The molecule has 2 fully saturated rings. The van der Waals surface area contributed by atoms with E-state index in [-0.39, 0.29) is 28.6 Å². The molecule has 0 aliphatic heterocycles. The predicted molar refractivity (Wildman–Crippen MR) is 106 cm³/mol. The molecular formula is C19H38O4SSi. The van der Waals surface area contributed by atoms with Crippen molar-refractivity contribution in [3.05, 3.63) is 0 Å². The summed E-state index contributed by atoms with van der Waals surface area (Å²) in [6, 6.07) is 0. The van der Waals surface area contributed by atoms with Crippen LogP contribution in [0.1, 0.15) is 66.7 Å². The highest BCUT2D eigenvalue weighted by molar-refractivity contribution is 7.86. The van der Waals surface area contributed by atoms with Gasteiger partial charge in [-0.15, -0.1) is 0 Å². The number of rotatable bonds is 4. The first-order valence-corrected chi connectivity index (χ1v) is 14.5. The van der Waals surface area contributed by atoms with Crippen molar-refractivity contribution in [3.8, 4) is 0 Å². The minimum atomic E-state index is -3.45. The van der Waals surface area contributed by atoms with E-state index < -0.39 is 18.4 Å². The molecule has 0 radical (unpaired) electrons. The summed E-state index contributed by atoms with van der Waals surface area (Å²) < 4.78 is 36.2. The molecule has 0 spiro atoms. The van der Waals surface area contributed by atoms with Gasteiger partial charge in [0.1, 0.15) is 0 Å². The maximum Gasteiger partial charge on any atom is 0.264 e. The fourth-order valence-corrected chi connectivity index (χ4v) is 6.88. The summed E-state index contributed by atoms with van der Waals surface area (Å²) in [5.74, 6) is 0.654. The minimum Gasteiger partial charge on any atom is -0.414 e. The van der Waals surface area contributed by atoms with Crippen molar-refractivity contribution in [2.75, 3.05) is 6.26 Å². The molecular weight excluding hydrogens is 352 g/mol. The Hall–Kier alpha value is 0.0869. The van der Waals surface area contributed by atoms with Gasteiger partial charge in [-0.1, -0.05) is 41.0 Å². The van der Waals surface area contributed by atoms with Gasteiger partial charge in [-0.2, -0.15) is 8.42 Å². The SMILES string of the molecule is C[C@@H]1CC[C@H]2[C@@H](O[Si](C)(C)C(C)(C)C)CCC[C@]2(C)[C@H]1OS(C)(=O)=O. The maximum atomic E-state index is 11.9. The summed E-state index contributed by atoms with van der Waals surface area (Å²) in [7, 11) is -5.30. The van der Waals surface area contributed by atoms with Crippen LogP contribution in [0.4, 0.5) is 0 Å². The summed E-state index contributed by atoms with van der Waals surface area (Å²) in [5.41, 5.74) is -0.119. The molecule has 0 unspecified atom stereocenters. The molecule has 25 heavy (non-hydrogen) atoms. The van der Waals surface area contributed by atoms with Crippen molar-refractivity contribution in [1.29, 1.82) is 0 Å². The molecule has 2 saturated carbocycles. The molecule has 0 heterocycles. The molecule has 2 aliphatic carbocycles. The van der Waals surface area contributed by atoms with Gasteiger partial charge in [0.05, 0.1) is 12.4 Å². The summed E-state index contributed by atoms with van der Waals surface area (Å²) in [6.45, 7) is 15.8. The zero-order valence-corrected chi connectivity index (χ0v) is 19.2. The van der Waals surface area contributed by atoms with E-state index >= 15 is 0 Å².